The number of rotatable bonds is 8. The molecule has 1 aromatic heterocycles. The normalized spacial score (nSPS) is 28.3. The molecule has 1 aliphatic carbocycles. The van der Waals surface area contributed by atoms with Crippen LogP contribution in [-0.4, -0.2) is 48.2 Å². The third-order valence-electron chi connectivity index (χ3n) is 6.10. The average molecular weight is 436 g/mol. The summed E-state index contributed by atoms with van der Waals surface area (Å²) in [6, 6.07) is 5.71. The summed E-state index contributed by atoms with van der Waals surface area (Å²) in [7, 11) is 3.28. The first-order chi connectivity index (χ1) is 14.6. The highest BCUT2D eigenvalue weighted by Crippen LogP contribution is 2.46. The lowest BCUT2D eigenvalue weighted by Gasteiger charge is -2.33. The lowest BCUT2D eigenvalue weighted by atomic mass is 9.87. The van der Waals surface area contributed by atoms with E-state index >= 15 is 0 Å². The second kappa shape index (κ2) is 9.62. The second-order valence-corrected chi connectivity index (χ2v) is 8.81. The zero-order valence-corrected chi connectivity index (χ0v) is 18.1. The Morgan fingerprint density at radius 3 is 2.87 bits per heavy atom. The van der Waals surface area contributed by atoms with Gasteiger partial charge in [0.2, 0.25) is 0 Å². The molecule has 1 saturated carbocycles. The maximum absolute atomic E-state index is 10.7. The number of aliphatic hydroxyl groups excluding tert-OH is 2. The van der Waals surface area contributed by atoms with Crippen LogP contribution in [0.4, 0.5) is 0 Å². The number of nitrogens with zero attached hydrogens (tertiary/aromatic N) is 1. The highest BCUT2D eigenvalue weighted by Gasteiger charge is 2.47. The van der Waals surface area contributed by atoms with E-state index in [0.717, 1.165) is 34.9 Å². The number of benzene rings is 1. The highest BCUT2D eigenvalue weighted by molar-refractivity contribution is 7.09. The van der Waals surface area contributed by atoms with Gasteiger partial charge in [-0.25, -0.2) is 4.98 Å². The molecule has 0 bridgehead atoms. The van der Waals surface area contributed by atoms with E-state index in [1.54, 1.807) is 14.2 Å². The maximum atomic E-state index is 10.7. The number of hydrogen-bond donors (Lipinski definition) is 2. The molecule has 0 spiro atoms. The van der Waals surface area contributed by atoms with Crippen molar-refractivity contribution in [3.63, 3.8) is 0 Å². The Kier molecular flexibility index (Phi) is 6.90. The van der Waals surface area contributed by atoms with Gasteiger partial charge in [0.05, 0.1) is 44.8 Å². The zero-order valence-electron chi connectivity index (χ0n) is 17.3. The topological polar surface area (TPSA) is 90.3 Å². The molecule has 1 saturated heterocycles. The van der Waals surface area contributed by atoms with Gasteiger partial charge in [-0.1, -0.05) is 0 Å². The minimum Gasteiger partial charge on any atom is -0.496 e. The van der Waals surface area contributed by atoms with Crippen LogP contribution in [0.3, 0.4) is 0 Å². The fourth-order valence-electron chi connectivity index (χ4n) is 4.57. The number of thiazole rings is 1. The number of aromatic nitrogens is 1. The van der Waals surface area contributed by atoms with Gasteiger partial charge in [0.15, 0.2) is 0 Å². The molecule has 30 heavy (non-hydrogen) atoms. The van der Waals surface area contributed by atoms with Gasteiger partial charge in [-0.3, -0.25) is 0 Å². The summed E-state index contributed by atoms with van der Waals surface area (Å²) in [6.07, 6.45) is 1.95. The molecule has 2 N–H and O–H groups in total. The zero-order chi connectivity index (χ0) is 21.1. The van der Waals surface area contributed by atoms with Crippen LogP contribution in [0.5, 0.6) is 11.5 Å². The molecule has 2 fully saturated rings. The summed E-state index contributed by atoms with van der Waals surface area (Å²) in [5.74, 6) is 1.75. The van der Waals surface area contributed by atoms with Crippen molar-refractivity contribution >= 4 is 11.3 Å². The van der Waals surface area contributed by atoms with Gasteiger partial charge < -0.3 is 29.2 Å². The van der Waals surface area contributed by atoms with E-state index in [1.165, 1.54) is 11.3 Å². The number of aliphatic hydroxyl groups is 2. The smallest absolute Gasteiger partial charge is 0.128 e. The van der Waals surface area contributed by atoms with Gasteiger partial charge in [0.1, 0.15) is 22.6 Å². The van der Waals surface area contributed by atoms with Crippen molar-refractivity contribution in [3.05, 3.63) is 39.8 Å². The minimum atomic E-state index is -0.447. The molecule has 5 atom stereocenters. The van der Waals surface area contributed by atoms with E-state index < -0.39 is 6.10 Å². The minimum absolute atomic E-state index is 0.00689. The van der Waals surface area contributed by atoms with Crippen molar-refractivity contribution in [1.29, 1.82) is 0 Å². The molecule has 8 heteroatoms. The van der Waals surface area contributed by atoms with Crippen molar-refractivity contribution in [2.45, 2.75) is 50.8 Å². The van der Waals surface area contributed by atoms with Gasteiger partial charge in [-0.05, 0) is 30.9 Å². The Morgan fingerprint density at radius 2 is 2.13 bits per heavy atom. The van der Waals surface area contributed by atoms with Gasteiger partial charge >= 0.3 is 0 Å². The summed E-state index contributed by atoms with van der Waals surface area (Å²) in [6.45, 7) is 0.867. The molecule has 1 aromatic carbocycles. The first-order valence-corrected chi connectivity index (χ1v) is 11.2. The molecule has 4 rings (SSSR count). The molecule has 164 valence electrons. The van der Waals surface area contributed by atoms with E-state index in [2.05, 4.69) is 4.98 Å². The lowest BCUT2D eigenvalue weighted by Crippen LogP contribution is -2.33. The lowest BCUT2D eigenvalue weighted by molar-refractivity contribution is -0.0812. The van der Waals surface area contributed by atoms with Crippen molar-refractivity contribution in [3.8, 4) is 11.5 Å². The first kappa shape index (κ1) is 21.5. The SMILES string of the molecule is COCc1ccc(OC[C@@H]2[C@H]3CC[C@H](c4nc(CO)cs4)O[C@H]3C[C@@H]2O)cc1OC. The quantitative estimate of drug-likeness (QED) is 0.658. The third-order valence-corrected chi connectivity index (χ3v) is 7.09. The summed E-state index contributed by atoms with van der Waals surface area (Å²) in [5, 5.41) is 22.7. The maximum Gasteiger partial charge on any atom is 0.128 e. The number of ether oxygens (including phenoxy) is 4. The molecule has 0 radical (unpaired) electrons. The van der Waals surface area contributed by atoms with E-state index in [9.17, 15) is 10.2 Å². The molecule has 7 nitrogen and oxygen atoms in total. The fraction of sp³-hybridized carbons (Fsp3) is 0.591. The Balaban J connectivity index is 1.37. The predicted octanol–water partition coefficient (Wildman–Crippen LogP) is 3.09. The van der Waals surface area contributed by atoms with Crippen LogP contribution in [0, 0.1) is 11.8 Å². The largest absolute Gasteiger partial charge is 0.496 e. The second-order valence-electron chi connectivity index (χ2n) is 7.92. The molecule has 2 heterocycles. The van der Waals surface area contributed by atoms with E-state index in [-0.39, 0.29) is 30.7 Å². The van der Waals surface area contributed by atoms with Crippen molar-refractivity contribution in [2.24, 2.45) is 11.8 Å². The van der Waals surface area contributed by atoms with E-state index in [0.29, 0.717) is 25.3 Å². The molecule has 2 aliphatic rings. The molecule has 2 aromatic rings. The highest BCUT2D eigenvalue weighted by atomic mass is 32.1. The van der Waals surface area contributed by atoms with Crippen molar-refractivity contribution in [2.75, 3.05) is 20.8 Å². The molecule has 0 amide bonds. The van der Waals surface area contributed by atoms with Crippen LogP contribution >= 0.6 is 11.3 Å². The molecule has 1 aliphatic heterocycles. The summed E-state index contributed by atoms with van der Waals surface area (Å²) in [5.41, 5.74) is 1.65. The van der Waals surface area contributed by atoms with Crippen LogP contribution < -0.4 is 9.47 Å². The Bertz CT molecular complexity index is 843. The average Bonchev–Trinajstić information content (AvgIpc) is 3.36. The fourth-order valence-corrected chi connectivity index (χ4v) is 5.45. The van der Waals surface area contributed by atoms with Gasteiger partial charge in [0.25, 0.3) is 0 Å². The Labute approximate surface area is 180 Å². The standard InChI is InChI=1S/C22H29NO6S/c1-26-10-13-3-4-15(7-20(13)27-2)28-11-17-16-5-6-19(29-21(16)8-18(17)25)22-23-14(9-24)12-30-22/h3-4,7,12,16-19,21,24-25H,5-6,8-11H2,1-2H3/t16-,17-,18+,19-,21+/m1/s1. The van der Waals surface area contributed by atoms with Crippen molar-refractivity contribution in [1.82, 2.24) is 4.98 Å². The number of methoxy groups -OCH3 is 2. The Morgan fingerprint density at radius 1 is 1.27 bits per heavy atom. The molecule has 0 unspecified atom stereocenters. The monoisotopic (exact) mass is 435 g/mol. The summed E-state index contributed by atoms with van der Waals surface area (Å²) < 4.78 is 23.0. The molecular weight excluding hydrogens is 406 g/mol. The molecular formula is C22H29NO6S. The third kappa shape index (κ3) is 4.48. The van der Waals surface area contributed by atoms with Crippen LogP contribution in [0.1, 0.15) is 41.6 Å². The Hall–Kier alpha value is -1.71. The number of hydrogen-bond acceptors (Lipinski definition) is 8. The predicted molar refractivity (Wildman–Crippen MR) is 112 cm³/mol. The van der Waals surface area contributed by atoms with Gasteiger partial charge in [0, 0.05) is 36.5 Å². The van der Waals surface area contributed by atoms with Gasteiger partial charge in [-0.15, -0.1) is 11.3 Å². The van der Waals surface area contributed by atoms with Gasteiger partial charge in [-0.2, -0.15) is 0 Å². The van der Waals surface area contributed by atoms with Crippen LogP contribution in [0.2, 0.25) is 0 Å². The van der Waals surface area contributed by atoms with Crippen molar-refractivity contribution < 1.29 is 29.2 Å². The van der Waals surface area contributed by atoms with Crippen LogP contribution in [0.15, 0.2) is 23.6 Å². The first-order valence-electron chi connectivity index (χ1n) is 10.3. The summed E-state index contributed by atoms with van der Waals surface area (Å²) in [4.78, 5) is 4.45. The van der Waals surface area contributed by atoms with E-state index in [4.69, 9.17) is 18.9 Å². The van der Waals surface area contributed by atoms with E-state index in [1.807, 2.05) is 23.6 Å². The van der Waals surface area contributed by atoms with Crippen LogP contribution in [0.25, 0.3) is 0 Å². The van der Waals surface area contributed by atoms with Crippen LogP contribution in [-0.2, 0) is 22.7 Å². The summed E-state index contributed by atoms with van der Waals surface area (Å²) >= 11 is 1.53. The number of fused-ring (bicyclic) bond motifs is 1.